The van der Waals surface area contributed by atoms with Gasteiger partial charge in [-0.05, 0) is 61.1 Å². The van der Waals surface area contributed by atoms with E-state index in [-0.39, 0.29) is 17.1 Å². The first kappa shape index (κ1) is 21.0. The Bertz CT molecular complexity index is 936. The van der Waals surface area contributed by atoms with Crippen LogP contribution in [0, 0.1) is 33.5 Å². The first-order chi connectivity index (χ1) is 14.1. The van der Waals surface area contributed by atoms with Gasteiger partial charge >= 0.3 is 0 Å². The number of carbonyl (C=O) groups excluding carboxylic acids is 3. The minimum atomic E-state index is -0.779. The third kappa shape index (κ3) is 2.55. The summed E-state index contributed by atoms with van der Waals surface area (Å²) in [5, 5.41) is 0. The monoisotopic (exact) mass is 408 g/mol. The second-order valence-corrected chi connectivity index (χ2v) is 10.8. The fourth-order valence-corrected chi connectivity index (χ4v) is 7.23. The second kappa shape index (κ2) is 6.63. The number of rotatable bonds is 4. The molecular weight excluding hydrogens is 376 g/mol. The maximum Gasteiger partial charge on any atom is 0.161 e. The molecule has 0 radical (unpaired) electrons. The largest absolute Gasteiger partial charge is 0.472 e. The molecule has 0 saturated heterocycles. The van der Waals surface area contributed by atoms with Crippen LogP contribution in [0.1, 0.15) is 65.4 Å². The van der Waals surface area contributed by atoms with Gasteiger partial charge in [-0.25, -0.2) is 0 Å². The highest BCUT2D eigenvalue weighted by Crippen LogP contribution is 2.67. The number of furan rings is 1. The predicted octanol–water partition coefficient (Wildman–Crippen LogP) is 5.30. The lowest BCUT2D eigenvalue weighted by molar-refractivity contribution is -0.141. The van der Waals surface area contributed by atoms with Crippen molar-refractivity contribution in [2.75, 3.05) is 0 Å². The molecule has 1 saturated carbocycles. The van der Waals surface area contributed by atoms with Crippen LogP contribution in [0.25, 0.3) is 0 Å². The van der Waals surface area contributed by atoms with Crippen LogP contribution in [-0.2, 0) is 14.4 Å². The fourth-order valence-electron chi connectivity index (χ4n) is 7.23. The third-order valence-corrected chi connectivity index (χ3v) is 8.95. The normalized spacial score (nSPS) is 42.5. The van der Waals surface area contributed by atoms with Crippen LogP contribution < -0.4 is 0 Å². The molecule has 2 unspecified atom stereocenters. The van der Waals surface area contributed by atoms with Crippen molar-refractivity contribution in [3.05, 3.63) is 48.0 Å². The number of fused-ring (bicyclic) bond motifs is 1. The average Bonchev–Trinajstić information content (AvgIpc) is 3.33. The zero-order valence-electron chi connectivity index (χ0n) is 18.6. The molecule has 30 heavy (non-hydrogen) atoms. The van der Waals surface area contributed by atoms with E-state index in [9.17, 15) is 14.4 Å². The number of allylic oxidation sites excluding steroid dienone is 4. The molecule has 0 aliphatic heterocycles. The van der Waals surface area contributed by atoms with Gasteiger partial charge in [0.1, 0.15) is 12.6 Å². The Kier molecular flexibility index (Phi) is 4.65. The van der Waals surface area contributed by atoms with E-state index in [1.54, 1.807) is 12.3 Å². The molecule has 1 fully saturated rings. The molecule has 4 heteroatoms. The van der Waals surface area contributed by atoms with Gasteiger partial charge in [-0.2, -0.15) is 0 Å². The summed E-state index contributed by atoms with van der Waals surface area (Å²) < 4.78 is 5.35. The molecule has 4 nitrogen and oxygen atoms in total. The number of ketones is 1. The molecule has 0 bridgehead atoms. The Morgan fingerprint density at radius 2 is 1.87 bits per heavy atom. The summed E-state index contributed by atoms with van der Waals surface area (Å²) in [5.41, 5.74) is 0.206. The van der Waals surface area contributed by atoms with Crippen molar-refractivity contribution in [3.8, 4) is 0 Å². The maximum atomic E-state index is 12.7. The van der Waals surface area contributed by atoms with Gasteiger partial charge in [-0.15, -0.1) is 0 Å². The van der Waals surface area contributed by atoms with Gasteiger partial charge in [-0.1, -0.05) is 45.4 Å². The maximum absolute atomic E-state index is 12.7. The van der Waals surface area contributed by atoms with Gasteiger partial charge in [0.2, 0.25) is 0 Å². The van der Waals surface area contributed by atoms with Crippen LogP contribution >= 0.6 is 0 Å². The summed E-state index contributed by atoms with van der Waals surface area (Å²) in [7, 11) is 0. The van der Waals surface area contributed by atoms with Crippen molar-refractivity contribution in [1.82, 2.24) is 0 Å². The van der Waals surface area contributed by atoms with Crippen LogP contribution in [-0.4, -0.2) is 18.4 Å². The van der Waals surface area contributed by atoms with E-state index in [1.165, 1.54) is 11.1 Å². The molecule has 0 aromatic carbocycles. The van der Waals surface area contributed by atoms with Gasteiger partial charge in [0, 0.05) is 22.2 Å². The van der Waals surface area contributed by atoms with Gasteiger partial charge in [0.15, 0.2) is 5.78 Å². The lowest BCUT2D eigenvalue weighted by Crippen LogP contribution is -2.56. The summed E-state index contributed by atoms with van der Waals surface area (Å²) in [6.07, 6.45) is 14.0. The van der Waals surface area contributed by atoms with Gasteiger partial charge in [0.05, 0.1) is 12.5 Å². The molecule has 0 N–H and O–H groups in total. The van der Waals surface area contributed by atoms with Crippen LogP contribution in [0.2, 0.25) is 0 Å². The first-order valence-electron chi connectivity index (χ1n) is 10.9. The Labute approximate surface area is 178 Å². The second-order valence-electron chi connectivity index (χ2n) is 10.8. The van der Waals surface area contributed by atoms with Gasteiger partial charge in [-0.3, -0.25) is 4.79 Å². The van der Waals surface area contributed by atoms with E-state index in [0.717, 1.165) is 31.8 Å². The van der Waals surface area contributed by atoms with Crippen molar-refractivity contribution in [1.29, 1.82) is 0 Å². The van der Waals surface area contributed by atoms with Crippen molar-refractivity contribution in [2.45, 2.75) is 59.8 Å². The predicted molar refractivity (Wildman–Crippen MR) is 115 cm³/mol. The lowest BCUT2D eigenvalue weighted by Gasteiger charge is -2.58. The van der Waals surface area contributed by atoms with Gasteiger partial charge < -0.3 is 14.0 Å². The fraction of sp³-hybridized carbons (Fsp3) is 0.577. The highest BCUT2D eigenvalue weighted by molar-refractivity contribution is 5.98. The molecule has 0 amide bonds. The zero-order chi connectivity index (χ0) is 21.9. The van der Waals surface area contributed by atoms with Crippen LogP contribution in [0.15, 0.2) is 46.8 Å². The Hall–Kier alpha value is -2.23. The van der Waals surface area contributed by atoms with E-state index in [4.69, 9.17) is 4.42 Å². The number of aldehydes is 2. The van der Waals surface area contributed by atoms with E-state index in [0.29, 0.717) is 5.92 Å². The quantitative estimate of drug-likeness (QED) is 0.501. The highest BCUT2D eigenvalue weighted by atomic mass is 16.3. The SMILES string of the molecule is CC1(C=O)C2=CC[C@@H](c3ccoc3)[C@]2(C)CCC1[C@@]1(C)C=CC(=O)C(C)(C)[C@H]1C=O. The zero-order valence-corrected chi connectivity index (χ0v) is 18.6. The number of carbonyl (C=O) groups is 3. The molecule has 1 aromatic heterocycles. The van der Waals surface area contributed by atoms with Crippen LogP contribution in [0.5, 0.6) is 0 Å². The van der Waals surface area contributed by atoms with Crippen molar-refractivity contribution in [2.24, 2.45) is 33.5 Å². The summed E-state index contributed by atoms with van der Waals surface area (Å²) >= 11 is 0. The van der Waals surface area contributed by atoms with E-state index in [2.05, 4.69) is 19.9 Å². The van der Waals surface area contributed by atoms with E-state index >= 15 is 0 Å². The van der Waals surface area contributed by atoms with Crippen molar-refractivity contribution >= 4 is 18.4 Å². The van der Waals surface area contributed by atoms with Crippen molar-refractivity contribution < 1.29 is 18.8 Å². The van der Waals surface area contributed by atoms with Gasteiger partial charge in [0.25, 0.3) is 0 Å². The molecule has 0 spiro atoms. The summed E-state index contributed by atoms with van der Waals surface area (Å²) in [6, 6.07) is 2.03. The average molecular weight is 409 g/mol. The molecule has 3 aliphatic rings. The minimum absolute atomic E-state index is 0.0226. The summed E-state index contributed by atoms with van der Waals surface area (Å²) in [5.74, 6) is -0.252. The summed E-state index contributed by atoms with van der Waals surface area (Å²) in [4.78, 5) is 37.6. The smallest absolute Gasteiger partial charge is 0.161 e. The lowest BCUT2D eigenvalue weighted by atomic mass is 9.44. The molecule has 6 atom stereocenters. The minimum Gasteiger partial charge on any atom is -0.472 e. The Morgan fingerprint density at radius 3 is 2.47 bits per heavy atom. The molecule has 1 aromatic rings. The van der Waals surface area contributed by atoms with Crippen LogP contribution in [0.3, 0.4) is 0 Å². The molecule has 160 valence electrons. The first-order valence-corrected chi connectivity index (χ1v) is 10.9. The molecule has 4 rings (SSSR count). The van der Waals surface area contributed by atoms with E-state index < -0.39 is 22.2 Å². The molecule has 1 heterocycles. The molecular formula is C26H32O4. The third-order valence-electron chi connectivity index (χ3n) is 8.95. The Morgan fingerprint density at radius 1 is 1.13 bits per heavy atom. The number of hydrogen-bond donors (Lipinski definition) is 0. The Balaban J connectivity index is 1.79. The van der Waals surface area contributed by atoms with E-state index in [1.807, 2.05) is 39.2 Å². The van der Waals surface area contributed by atoms with Crippen molar-refractivity contribution in [3.63, 3.8) is 0 Å². The summed E-state index contributed by atoms with van der Waals surface area (Å²) in [6.45, 7) is 10.1. The standard InChI is InChI=1S/C26H32O4/c1-23(2)21(14-27)25(4,12-9-22(23)29)20-8-11-24(3)18(17-10-13-30-15-17)6-7-19(24)26(20,5)16-28/h7,9-10,12-16,18,20-21H,6,8,11H2,1-5H3/t18-,20?,21+,24-,25+,26?/m0/s1. The molecule has 3 aliphatic carbocycles. The number of hydrogen-bond acceptors (Lipinski definition) is 4. The topological polar surface area (TPSA) is 64.3 Å². The highest BCUT2D eigenvalue weighted by Gasteiger charge is 2.62. The van der Waals surface area contributed by atoms with Crippen LogP contribution in [0.4, 0.5) is 0 Å².